The van der Waals surface area contributed by atoms with Gasteiger partial charge < -0.3 is 4.74 Å². The van der Waals surface area contributed by atoms with E-state index >= 15 is 0 Å². The van der Waals surface area contributed by atoms with Gasteiger partial charge in [-0.1, -0.05) is 0 Å². The van der Waals surface area contributed by atoms with E-state index in [1.165, 1.54) is 11.3 Å². The molecule has 0 N–H and O–H groups in total. The van der Waals surface area contributed by atoms with Gasteiger partial charge in [0, 0.05) is 5.38 Å². The van der Waals surface area contributed by atoms with Gasteiger partial charge in [0.25, 0.3) is 0 Å². The number of nitrogens with zero attached hydrogens (tertiary/aromatic N) is 1. The summed E-state index contributed by atoms with van der Waals surface area (Å²) in [7, 11) is 0. The Morgan fingerprint density at radius 2 is 2.70 bits per heavy atom. The molecule has 2 rings (SSSR count). The quantitative estimate of drug-likeness (QED) is 0.594. The molecule has 2 nitrogen and oxygen atoms in total. The molecule has 0 atom stereocenters. The third-order valence-electron chi connectivity index (χ3n) is 1.27. The maximum atomic E-state index is 5.24. The Hall–Kier alpha value is -0.830. The van der Waals surface area contributed by atoms with Gasteiger partial charge >= 0.3 is 0 Å². The standard InChI is InChI=1S/C7H6NOS/c1-2-6(10-5-1)7-8-3-4-9-7/h1-2H,3-4H2. The molecule has 3 heteroatoms. The van der Waals surface area contributed by atoms with Crippen molar-refractivity contribution in [3.63, 3.8) is 0 Å². The lowest BCUT2D eigenvalue weighted by Crippen LogP contribution is -1.96. The van der Waals surface area contributed by atoms with Gasteiger partial charge in [-0.05, 0) is 12.1 Å². The van der Waals surface area contributed by atoms with E-state index < -0.39 is 0 Å². The normalized spacial score (nSPS) is 16.6. The van der Waals surface area contributed by atoms with Crippen molar-refractivity contribution < 1.29 is 4.74 Å². The summed E-state index contributed by atoms with van der Waals surface area (Å²) < 4.78 is 5.24. The van der Waals surface area contributed by atoms with Crippen LogP contribution < -0.4 is 0 Å². The Bertz CT molecular complexity index is 240. The maximum Gasteiger partial charge on any atom is 0.226 e. The van der Waals surface area contributed by atoms with Crippen LogP contribution in [0.15, 0.2) is 17.1 Å². The van der Waals surface area contributed by atoms with E-state index in [-0.39, 0.29) is 0 Å². The van der Waals surface area contributed by atoms with Crippen LogP contribution in [0.25, 0.3) is 0 Å². The lowest BCUT2D eigenvalue weighted by molar-refractivity contribution is 0.349. The van der Waals surface area contributed by atoms with Gasteiger partial charge in [-0.25, -0.2) is 4.99 Å². The minimum atomic E-state index is 0.729. The van der Waals surface area contributed by atoms with E-state index in [2.05, 4.69) is 10.4 Å². The summed E-state index contributed by atoms with van der Waals surface area (Å²) in [6, 6.07) is 3.85. The molecule has 1 aliphatic rings. The highest BCUT2D eigenvalue weighted by molar-refractivity contribution is 7.11. The third kappa shape index (κ3) is 0.926. The number of thiophene rings is 1. The van der Waals surface area contributed by atoms with Gasteiger partial charge in [0.15, 0.2) is 0 Å². The van der Waals surface area contributed by atoms with Crippen molar-refractivity contribution in [3.05, 3.63) is 22.4 Å². The molecule has 1 aromatic rings. The Kier molecular flexibility index (Phi) is 1.43. The molecule has 2 heterocycles. The van der Waals surface area contributed by atoms with Crippen LogP contribution in [0.2, 0.25) is 0 Å². The van der Waals surface area contributed by atoms with Crippen molar-refractivity contribution in [1.82, 2.24) is 0 Å². The zero-order valence-corrected chi connectivity index (χ0v) is 6.15. The first-order valence-electron chi connectivity index (χ1n) is 3.10. The van der Waals surface area contributed by atoms with Crippen molar-refractivity contribution in [3.8, 4) is 0 Å². The first-order valence-corrected chi connectivity index (χ1v) is 3.92. The fraction of sp³-hybridized carbons (Fsp3) is 0.286. The highest BCUT2D eigenvalue weighted by atomic mass is 32.1. The van der Waals surface area contributed by atoms with E-state index in [1.807, 2.05) is 12.1 Å². The van der Waals surface area contributed by atoms with Gasteiger partial charge in [-0.15, -0.1) is 11.3 Å². The van der Waals surface area contributed by atoms with E-state index in [0.29, 0.717) is 0 Å². The smallest absolute Gasteiger partial charge is 0.226 e. The van der Waals surface area contributed by atoms with E-state index in [4.69, 9.17) is 4.74 Å². The predicted octanol–water partition coefficient (Wildman–Crippen LogP) is 1.33. The number of rotatable bonds is 1. The lowest BCUT2D eigenvalue weighted by Gasteiger charge is -1.94. The summed E-state index contributed by atoms with van der Waals surface area (Å²) in [6.07, 6.45) is 0. The minimum absolute atomic E-state index is 0.729. The molecule has 0 fully saturated rings. The van der Waals surface area contributed by atoms with E-state index in [9.17, 15) is 0 Å². The van der Waals surface area contributed by atoms with Gasteiger partial charge in [0.05, 0.1) is 11.4 Å². The Labute approximate surface area is 63.2 Å². The first-order chi connectivity index (χ1) is 4.97. The maximum absolute atomic E-state index is 5.24. The summed E-state index contributed by atoms with van der Waals surface area (Å²) in [6.45, 7) is 1.53. The van der Waals surface area contributed by atoms with Crippen molar-refractivity contribution in [2.45, 2.75) is 0 Å². The lowest BCUT2D eigenvalue weighted by atomic mass is 10.5. The summed E-state index contributed by atoms with van der Waals surface area (Å²) >= 11 is 1.54. The number of aliphatic imine (C=N–C) groups is 1. The molecule has 1 aliphatic heterocycles. The summed E-state index contributed by atoms with van der Waals surface area (Å²) in [4.78, 5) is 5.24. The van der Waals surface area contributed by atoms with Crippen LogP contribution in [0.4, 0.5) is 0 Å². The molecular weight excluding hydrogens is 146 g/mol. The second-order valence-corrected chi connectivity index (χ2v) is 2.83. The predicted molar refractivity (Wildman–Crippen MR) is 40.5 cm³/mol. The second-order valence-electron chi connectivity index (χ2n) is 1.95. The molecule has 10 heavy (non-hydrogen) atoms. The van der Waals surface area contributed by atoms with Crippen molar-refractivity contribution in [2.24, 2.45) is 4.99 Å². The van der Waals surface area contributed by atoms with Crippen molar-refractivity contribution in [2.75, 3.05) is 13.2 Å². The SMILES string of the molecule is [c]1ccc(C2=NCCO2)s1. The topological polar surface area (TPSA) is 21.6 Å². The van der Waals surface area contributed by atoms with Gasteiger partial charge in [0.1, 0.15) is 6.61 Å². The fourth-order valence-corrected chi connectivity index (χ4v) is 1.45. The number of ether oxygens (including phenoxy) is 1. The summed E-state index contributed by atoms with van der Waals surface area (Å²) in [5, 5.41) is 2.99. The first kappa shape index (κ1) is 5.92. The highest BCUT2D eigenvalue weighted by Crippen LogP contribution is 2.12. The number of hydrogen-bond donors (Lipinski definition) is 0. The molecule has 1 radical (unpaired) electrons. The van der Waals surface area contributed by atoms with Crippen molar-refractivity contribution in [1.29, 1.82) is 0 Å². The Morgan fingerprint density at radius 1 is 1.70 bits per heavy atom. The fourth-order valence-electron chi connectivity index (χ4n) is 0.840. The molecule has 0 unspecified atom stereocenters. The van der Waals surface area contributed by atoms with Crippen LogP contribution in [0.1, 0.15) is 4.88 Å². The zero-order valence-electron chi connectivity index (χ0n) is 5.33. The van der Waals surface area contributed by atoms with Crippen LogP contribution in [0, 0.1) is 5.38 Å². The average molecular weight is 152 g/mol. The number of hydrogen-bond acceptors (Lipinski definition) is 3. The molecule has 51 valence electrons. The Balaban J connectivity index is 2.28. The molecule has 0 amide bonds. The van der Waals surface area contributed by atoms with Gasteiger partial charge in [-0.2, -0.15) is 0 Å². The molecule has 0 bridgehead atoms. The Morgan fingerprint density at radius 3 is 3.30 bits per heavy atom. The average Bonchev–Trinajstić information content (AvgIpc) is 2.59. The zero-order chi connectivity index (χ0) is 6.81. The van der Waals surface area contributed by atoms with Crippen LogP contribution in [0.5, 0.6) is 0 Å². The summed E-state index contributed by atoms with van der Waals surface area (Å²) in [5.41, 5.74) is 0. The minimum Gasteiger partial charge on any atom is -0.475 e. The molecule has 0 aliphatic carbocycles. The molecular formula is C7H6NOS. The van der Waals surface area contributed by atoms with Gasteiger partial charge in [-0.3, -0.25) is 0 Å². The van der Waals surface area contributed by atoms with Crippen LogP contribution in [-0.4, -0.2) is 19.0 Å². The van der Waals surface area contributed by atoms with Crippen LogP contribution in [-0.2, 0) is 4.74 Å². The molecule has 1 aromatic heterocycles. The summed E-state index contributed by atoms with van der Waals surface area (Å²) in [5.74, 6) is 0.784. The molecule has 0 aromatic carbocycles. The molecule has 0 saturated heterocycles. The molecule has 0 spiro atoms. The largest absolute Gasteiger partial charge is 0.475 e. The highest BCUT2D eigenvalue weighted by Gasteiger charge is 2.09. The second kappa shape index (κ2) is 2.42. The van der Waals surface area contributed by atoms with E-state index in [1.54, 1.807) is 0 Å². The molecule has 0 saturated carbocycles. The van der Waals surface area contributed by atoms with Crippen LogP contribution >= 0.6 is 11.3 Å². The van der Waals surface area contributed by atoms with Crippen LogP contribution in [0.3, 0.4) is 0 Å². The third-order valence-corrected chi connectivity index (χ3v) is 2.05. The van der Waals surface area contributed by atoms with Crippen molar-refractivity contribution >= 4 is 17.2 Å². The van der Waals surface area contributed by atoms with E-state index in [0.717, 1.165) is 23.9 Å². The van der Waals surface area contributed by atoms with Gasteiger partial charge in [0.2, 0.25) is 5.90 Å². The monoisotopic (exact) mass is 152 g/mol.